The average molecular weight is 243 g/mol. The third-order valence-corrected chi connectivity index (χ3v) is 3.12. The van der Waals surface area contributed by atoms with Gasteiger partial charge in [0, 0.05) is 13.1 Å². The number of likely N-dealkylation sites (tertiary alicyclic amines) is 1. The molecule has 0 radical (unpaired) electrons. The van der Waals surface area contributed by atoms with Crippen LogP contribution in [-0.2, 0) is 0 Å². The Kier molecular flexibility index (Phi) is 2.76. The van der Waals surface area contributed by atoms with Crippen LogP contribution in [0, 0.1) is 0 Å². The lowest BCUT2D eigenvalue weighted by Crippen LogP contribution is -2.28. The van der Waals surface area contributed by atoms with E-state index in [1.165, 1.54) is 11.0 Å². The minimum Gasteiger partial charge on any atom is -0.339 e. The first-order chi connectivity index (χ1) is 8.86. The van der Waals surface area contributed by atoms with Crippen molar-refractivity contribution in [1.82, 2.24) is 25.1 Å². The number of nitrogens with zero attached hydrogens (tertiary/aromatic N) is 5. The number of aromatic nitrogens is 4. The van der Waals surface area contributed by atoms with E-state index in [0.29, 0.717) is 5.56 Å². The SMILES string of the molecule is O=C(c1ccccc1-n1cnnn1)N1CCCC1. The van der Waals surface area contributed by atoms with E-state index in [9.17, 15) is 4.79 Å². The zero-order valence-electron chi connectivity index (χ0n) is 9.86. The van der Waals surface area contributed by atoms with Crippen LogP contribution in [0.15, 0.2) is 30.6 Å². The molecule has 6 nitrogen and oxygen atoms in total. The van der Waals surface area contributed by atoms with Crippen molar-refractivity contribution in [3.05, 3.63) is 36.2 Å². The van der Waals surface area contributed by atoms with Crippen molar-refractivity contribution in [3.8, 4) is 5.69 Å². The standard InChI is InChI=1S/C12H13N5O/c18-12(16-7-3-4-8-16)10-5-1-2-6-11(10)17-9-13-14-15-17/h1-2,5-6,9H,3-4,7-8H2. The normalized spacial score (nSPS) is 15.0. The van der Waals surface area contributed by atoms with E-state index in [-0.39, 0.29) is 5.91 Å². The number of tetrazole rings is 1. The Morgan fingerprint density at radius 1 is 1.17 bits per heavy atom. The van der Waals surface area contributed by atoms with Crippen molar-refractivity contribution < 1.29 is 4.79 Å². The molecule has 92 valence electrons. The maximum Gasteiger partial charge on any atom is 0.256 e. The molecule has 0 unspecified atom stereocenters. The number of carbonyl (C=O) groups excluding carboxylic acids is 1. The van der Waals surface area contributed by atoms with E-state index in [2.05, 4.69) is 15.5 Å². The number of rotatable bonds is 2. The summed E-state index contributed by atoms with van der Waals surface area (Å²) in [5.41, 5.74) is 1.37. The maximum atomic E-state index is 12.4. The van der Waals surface area contributed by atoms with Crippen LogP contribution in [0.2, 0.25) is 0 Å². The monoisotopic (exact) mass is 243 g/mol. The molecule has 1 aromatic heterocycles. The van der Waals surface area contributed by atoms with E-state index in [0.717, 1.165) is 31.6 Å². The van der Waals surface area contributed by atoms with E-state index < -0.39 is 0 Å². The second-order valence-corrected chi connectivity index (χ2v) is 4.27. The fourth-order valence-electron chi connectivity index (χ4n) is 2.22. The molecule has 1 aliphatic rings. The highest BCUT2D eigenvalue weighted by Gasteiger charge is 2.22. The molecule has 6 heteroatoms. The summed E-state index contributed by atoms with van der Waals surface area (Å²) in [7, 11) is 0. The molecule has 0 saturated carbocycles. The Hall–Kier alpha value is -2.24. The van der Waals surface area contributed by atoms with Crippen molar-refractivity contribution in [2.24, 2.45) is 0 Å². The molecule has 2 heterocycles. The highest BCUT2D eigenvalue weighted by Crippen LogP contribution is 2.18. The molecule has 0 N–H and O–H groups in total. The second-order valence-electron chi connectivity index (χ2n) is 4.27. The molecule has 0 aliphatic carbocycles. The largest absolute Gasteiger partial charge is 0.339 e. The van der Waals surface area contributed by atoms with Crippen molar-refractivity contribution in [3.63, 3.8) is 0 Å². The first kappa shape index (κ1) is 10.9. The summed E-state index contributed by atoms with van der Waals surface area (Å²) in [5, 5.41) is 11.0. The Balaban J connectivity index is 1.99. The lowest BCUT2D eigenvalue weighted by atomic mass is 10.1. The van der Waals surface area contributed by atoms with Crippen LogP contribution in [0.5, 0.6) is 0 Å². The van der Waals surface area contributed by atoms with Gasteiger partial charge in [-0.05, 0) is 35.4 Å². The van der Waals surface area contributed by atoms with Crippen LogP contribution >= 0.6 is 0 Å². The number of amides is 1. The molecule has 1 aromatic carbocycles. The van der Waals surface area contributed by atoms with Crippen LogP contribution in [0.3, 0.4) is 0 Å². The lowest BCUT2D eigenvalue weighted by Gasteiger charge is -2.17. The molecule has 0 spiro atoms. The fourth-order valence-corrected chi connectivity index (χ4v) is 2.22. The summed E-state index contributed by atoms with van der Waals surface area (Å²) in [6.07, 6.45) is 3.66. The van der Waals surface area contributed by atoms with Gasteiger partial charge < -0.3 is 4.90 Å². The van der Waals surface area contributed by atoms with E-state index in [1.54, 1.807) is 0 Å². The van der Waals surface area contributed by atoms with Crippen molar-refractivity contribution >= 4 is 5.91 Å². The molecule has 1 aliphatic heterocycles. The number of carbonyl (C=O) groups is 1. The van der Waals surface area contributed by atoms with Crippen molar-refractivity contribution in [1.29, 1.82) is 0 Å². The van der Waals surface area contributed by atoms with Gasteiger partial charge in [0.05, 0.1) is 11.3 Å². The summed E-state index contributed by atoms with van der Waals surface area (Å²) < 4.78 is 1.52. The van der Waals surface area contributed by atoms with Gasteiger partial charge in [0.1, 0.15) is 6.33 Å². The van der Waals surface area contributed by atoms with Gasteiger partial charge in [-0.1, -0.05) is 12.1 Å². The zero-order chi connectivity index (χ0) is 12.4. The van der Waals surface area contributed by atoms with E-state index in [4.69, 9.17) is 0 Å². The highest BCUT2D eigenvalue weighted by atomic mass is 16.2. The quantitative estimate of drug-likeness (QED) is 0.786. The Bertz CT molecular complexity index is 545. The highest BCUT2D eigenvalue weighted by molar-refractivity contribution is 5.97. The molecule has 0 atom stereocenters. The van der Waals surface area contributed by atoms with Crippen LogP contribution < -0.4 is 0 Å². The smallest absolute Gasteiger partial charge is 0.256 e. The molecular weight excluding hydrogens is 230 g/mol. The Morgan fingerprint density at radius 3 is 2.67 bits per heavy atom. The van der Waals surface area contributed by atoms with Crippen LogP contribution in [-0.4, -0.2) is 44.1 Å². The second kappa shape index (κ2) is 4.56. The predicted molar refractivity (Wildman–Crippen MR) is 64.3 cm³/mol. The third-order valence-electron chi connectivity index (χ3n) is 3.12. The van der Waals surface area contributed by atoms with Gasteiger partial charge in [-0.3, -0.25) is 4.79 Å². The first-order valence-corrected chi connectivity index (χ1v) is 5.98. The first-order valence-electron chi connectivity index (χ1n) is 5.98. The molecule has 1 saturated heterocycles. The predicted octanol–water partition coefficient (Wildman–Crippen LogP) is 0.898. The molecule has 18 heavy (non-hydrogen) atoms. The van der Waals surface area contributed by atoms with Gasteiger partial charge in [-0.2, -0.15) is 4.68 Å². The topological polar surface area (TPSA) is 63.9 Å². The van der Waals surface area contributed by atoms with Crippen LogP contribution in [0.25, 0.3) is 5.69 Å². The minimum atomic E-state index is 0.0543. The van der Waals surface area contributed by atoms with Gasteiger partial charge in [0.25, 0.3) is 5.91 Å². The van der Waals surface area contributed by atoms with Gasteiger partial charge in [0.15, 0.2) is 0 Å². The Labute approximate surface area is 104 Å². The van der Waals surface area contributed by atoms with Gasteiger partial charge in [-0.15, -0.1) is 5.10 Å². The van der Waals surface area contributed by atoms with Crippen LogP contribution in [0.4, 0.5) is 0 Å². The lowest BCUT2D eigenvalue weighted by molar-refractivity contribution is 0.0792. The maximum absolute atomic E-state index is 12.4. The molecule has 1 amide bonds. The number of hydrogen-bond acceptors (Lipinski definition) is 4. The molecule has 3 rings (SSSR count). The fraction of sp³-hybridized carbons (Fsp3) is 0.333. The summed E-state index contributed by atoms with van der Waals surface area (Å²) in [5.74, 6) is 0.0543. The van der Waals surface area contributed by atoms with Gasteiger partial charge in [-0.25, -0.2) is 0 Å². The number of para-hydroxylation sites is 1. The summed E-state index contributed by atoms with van der Waals surface area (Å²) >= 11 is 0. The average Bonchev–Trinajstić information content (AvgIpc) is 3.11. The van der Waals surface area contributed by atoms with E-state index >= 15 is 0 Å². The van der Waals surface area contributed by atoms with Crippen molar-refractivity contribution in [2.75, 3.05) is 13.1 Å². The molecule has 2 aromatic rings. The molecule has 1 fully saturated rings. The molecule has 0 bridgehead atoms. The number of benzene rings is 1. The summed E-state index contributed by atoms with van der Waals surface area (Å²) in [4.78, 5) is 14.3. The summed E-state index contributed by atoms with van der Waals surface area (Å²) in [6, 6.07) is 7.40. The Morgan fingerprint density at radius 2 is 1.94 bits per heavy atom. The zero-order valence-corrected chi connectivity index (χ0v) is 9.86. The van der Waals surface area contributed by atoms with E-state index in [1.807, 2.05) is 29.2 Å². The third kappa shape index (κ3) is 1.85. The van der Waals surface area contributed by atoms with Gasteiger partial charge in [0.2, 0.25) is 0 Å². The minimum absolute atomic E-state index is 0.0543. The molecular formula is C12H13N5O. The van der Waals surface area contributed by atoms with Gasteiger partial charge >= 0.3 is 0 Å². The number of hydrogen-bond donors (Lipinski definition) is 0. The summed E-state index contributed by atoms with van der Waals surface area (Å²) in [6.45, 7) is 1.67. The van der Waals surface area contributed by atoms with Crippen molar-refractivity contribution in [2.45, 2.75) is 12.8 Å². The van der Waals surface area contributed by atoms with Crippen LogP contribution in [0.1, 0.15) is 23.2 Å².